The van der Waals surface area contributed by atoms with Gasteiger partial charge in [-0.15, -0.1) is 0 Å². The van der Waals surface area contributed by atoms with Crippen LogP contribution in [0.4, 0.5) is 11.4 Å². The van der Waals surface area contributed by atoms with Gasteiger partial charge in [0.2, 0.25) is 0 Å². The Hall–Kier alpha value is -2.06. The van der Waals surface area contributed by atoms with Gasteiger partial charge < -0.3 is 9.64 Å². The molecule has 2 aromatic carbocycles. The number of carbonyl (C=O) groups excluding carboxylic acids is 1. The van der Waals surface area contributed by atoms with Gasteiger partial charge in [0.05, 0.1) is 5.69 Å². The molecule has 0 aromatic heterocycles. The molecule has 0 radical (unpaired) electrons. The highest BCUT2D eigenvalue weighted by atomic mass is 79.9. The van der Waals surface area contributed by atoms with E-state index in [9.17, 15) is 13.2 Å². The Bertz CT molecular complexity index is 975. The second-order valence-electron chi connectivity index (χ2n) is 6.07. The van der Waals surface area contributed by atoms with E-state index in [0.717, 1.165) is 12.0 Å². The van der Waals surface area contributed by atoms with Gasteiger partial charge in [0.1, 0.15) is 10.6 Å². The number of amides is 1. The van der Waals surface area contributed by atoms with Crippen molar-refractivity contribution in [3.8, 4) is 5.75 Å². The molecule has 26 heavy (non-hydrogen) atoms. The van der Waals surface area contributed by atoms with E-state index >= 15 is 0 Å². The van der Waals surface area contributed by atoms with Gasteiger partial charge in [-0.2, -0.15) is 0 Å². The summed E-state index contributed by atoms with van der Waals surface area (Å²) in [6.07, 6.45) is 0.142. The van der Waals surface area contributed by atoms with Crippen molar-refractivity contribution in [3.05, 3.63) is 46.4 Å². The molecule has 1 aliphatic heterocycles. The Kier molecular flexibility index (Phi) is 4.98. The maximum atomic E-state index is 12.9. The van der Waals surface area contributed by atoms with E-state index in [1.54, 1.807) is 32.2 Å². The molecule has 3 rings (SSSR count). The van der Waals surface area contributed by atoms with Crippen molar-refractivity contribution in [1.82, 2.24) is 0 Å². The zero-order valence-electron chi connectivity index (χ0n) is 14.6. The maximum absolute atomic E-state index is 12.9. The lowest BCUT2D eigenvalue weighted by molar-refractivity contribution is -0.125. The average Bonchev–Trinajstić information content (AvgIpc) is 2.60. The van der Waals surface area contributed by atoms with E-state index in [2.05, 4.69) is 20.7 Å². The van der Waals surface area contributed by atoms with Gasteiger partial charge >= 0.3 is 0 Å². The van der Waals surface area contributed by atoms with Crippen LogP contribution in [0.15, 0.2) is 45.8 Å². The summed E-state index contributed by atoms with van der Waals surface area (Å²) >= 11 is 3.30. The third kappa shape index (κ3) is 3.43. The summed E-state index contributed by atoms with van der Waals surface area (Å²) in [7, 11) is -2.20. The Morgan fingerprint density at radius 3 is 2.69 bits per heavy atom. The topological polar surface area (TPSA) is 75.7 Å². The monoisotopic (exact) mass is 438 g/mol. The second kappa shape index (κ2) is 6.92. The minimum atomic E-state index is -3.83. The van der Waals surface area contributed by atoms with Crippen LogP contribution in [0, 0.1) is 0 Å². The molecule has 2 aromatic rings. The Balaban J connectivity index is 2.00. The van der Waals surface area contributed by atoms with Gasteiger partial charge in [0.15, 0.2) is 6.10 Å². The third-order valence-electron chi connectivity index (χ3n) is 4.23. The number of benzene rings is 2. The average molecular weight is 439 g/mol. The van der Waals surface area contributed by atoms with Crippen LogP contribution in [-0.2, 0) is 21.2 Å². The number of sulfonamides is 1. The van der Waals surface area contributed by atoms with Gasteiger partial charge in [-0.05, 0) is 53.0 Å². The lowest BCUT2D eigenvalue weighted by Gasteiger charge is -2.30. The quantitative estimate of drug-likeness (QED) is 0.791. The summed E-state index contributed by atoms with van der Waals surface area (Å²) in [5.74, 6) is 0.167. The Labute approximate surface area is 161 Å². The number of rotatable bonds is 4. The highest BCUT2D eigenvalue weighted by molar-refractivity contribution is 9.10. The number of halogens is 1. The standard InChI is InChI=1S/C18H19BrN2O4S/c1-4-12-6-5-7-13(8-12)20-26(23,24)17-10-16-15(9-14(17)19)21(3)18(22)11(2)25-16/h5-11,20H,4H2,1-3H3. The first kappa shape index (κ1) is 18.7. The number of carbonyl (C=O) groups is 1. The summed E-state index contributed by atoms with van der Waals surface area (Å²) in [6.45, 7) is 3.64. The zero-order valence-corrected chi connectivity index (χ0v) is 17.0. The number of hydrogen-bond acceptors (Lipinski definition) is 4. The highest BCUT2D eigenvalue weighted by Gasteiger charge is 2.31. The van der Waals surface area contributed by atoms with Gasteiger partial charge in [-0.25, -0.2) is 8.42 Å². The summed E-state index contributed by atoms with van der Waals surface area (Å²) < 4.78 is 34.3. The minimum absolute atomic E-state index is 0.0492. The molecular weight excluding hydrogens is 420 g/mol. The molecule has 1 aliphatic rings. The SMILES string of the molecule is CCc1cccc(NS(=O)(=O)c2cc3c(cc2Br)N(C)C(=O)C(C)O3)c1. The van der Waals surface area contributed by atoms with Crippen LogP contribution in [0.25, 0.3) is 0 Å². The fraction of sp³-hybridized carbons (Fsp3) is 0.278. The lowest BCUT2D eigenvalue weighted by Crippen LogP contribution is -2.42. The minimum Gasteiger partial charge on any atom is -0.479 e. The predicted molar refractivity (Wildman–Crippen MR) is 104 cm³/mol. The van der Waals surface area contributed by atoms with E-state index in [-0.39, 0.29) is 10.8 Å². The molecule has 8 heteroatoms. The Morgan fingerprint density at radius 2 is 2.00 bits per heavy atom. The van der Waals surface area contributed by atoms with Crippen LogP contribution in [0.1, 0.15) is 19.4 Å². The first-order valence-corrected chi connectivity index (χ1v) is 10.4. The number of nitrogens with one attached hydrogen (secondary N) is 1. The van der Waals surface area contributed by atoms with Crippen molar-refractivity contribution < 1.29 is 17.9 Å². The molecule has 0 fully saturated rings. The van der Waals surface area contributed by atoms with E-state index in [1.807, 2.05) is 19.1 Å². The molecule has 0 spiro atoms. The van der Waals surface area contributed by atoms with Gasteiger partial charge in [-0.3, -0.25) is 9.52 Å². The largest absolute Gasteiger partial charge is 0.479 e. The molecular formula is C18H19BrN2O4S. The van der Waals surface area contributed by atoms with E-state index in [1.165, 1.54) is 11.0 Å². The molecule has 1 amide bonds. The van der Waals surface area contributed by atoms with Gasteiger partial charge in [0, 0.05) is 23.3 Å². The summed E-state index contributed by atoms with van der Waals surface area (Å²) in [6, 6.07) is 10.3. The number of aryl methyl sites for hydroxylation is 1. The van der Waals surface area contributed by atoms with Gasteiger partial charge in [-0.1, -0.05) is 19.1 Å². The summed E-state index contributed by atoms with van der Waals surface area (Å²) in [5.41, 5.74) is 2.05. The van der Waals surface area contributed by atoms with Crippen LogP contribution >= 0.6 is 15.9 Å². The van der Waals surface area contributed by atoms with Crippen molar-refractivity contribution in [3.63, 3.8) is 0 Å². The molecule has 0 bridgehead atoms. The predicted octanol–water partition coefficient (Wildman–Crippen LogP) is 3.56. The van der Waals surface area contributed by atoms with Crippen LogP contribution in [0.2, 0.25) is 0 Å². The molecule has 0 saturated carbocycles. The number of nitrogens with zero attached hydrogens (tertiary/aromatic N) is 1. The zero-order chi connectivity index (χ0) is 19.1. The summed E-state index contributed by atoms with van der Waals surface area (Å²) in [4.78, 5) is 13.5. The third-order valence-corrected chi connectivity index (χ3v) is 6.57. The number of ether oxygens (including phenoxy) is 1. The van der Waals surface area contributed by atoms with Crippen LogP contribution in [0.3, 0.4) is 0 Å². The lowest BCUT2D eigenvalue weighted by atomic mass is 10.1. The number of fused-ring (bicyclic) bond motifs is 1. The van der Waals surface area contributed by atoms with Crippen molar-refractivity contribution in [2.45, 2.75) is 31.3 Å². The first-order valence-electron chi connectivity index (χ1n) is 8.12. The van der Waals surface area contributed by atoms with Gasteiger partial charge in [0.25, 0.3) is 15.9 Å². The maximum Gasteiger partial charge on any atom is 0.267 e. The second-order valence-corrected chi connectivity index (χ2v) is 8.57. The number of anilines is 2. The van der Waals surface area contributed by atoms with Crippen molar-refractivity contribution in [2.75, 3.05) is 16.7 Å². The van der Waals surface area contributed by atoms with Crippen LogP contribution in [-0.4, -0.2) is 27.5 Å². The van der Waals surface area contributed by atoms with E-state index < -0.39 is 16.1 Å². The number of hydrogen-bond donors (Lipinski definition) is 1. The first-order chi connectivity index (χ1) is 12.2. The fourth-order valence-corrected chi connectivity index (χ4v) is 4.88. The molecule has 1 N–H and O–H groups in total. The highest BCUT2D eigenvalue weighted by Crippen LogP contribution is 2.39. The molecule has 1 heterocycles. The normalized spacial score (nSPS) is 16.8. The van der Waals surface area contributed by atoms with Crippen LogP contribution < -0.4 is 14.4 Å². The summed E-state index contributed by atoms with van der Waals surface area (Å²) in [5, 5.41) is 0. The molecule has 0 aliphatic carbocycles. The van der Waals surface area contributed by atoms with Crippen molar-refractivity contribution in [2.24, 2.45) is 0 Å². The van der Waals surface area contributed by atoms with Crippen molar-refractivity contribution >= 4 is 43.2 Å². The molecule has 0 saturated heterocycles. The van der Waals surface area contributed by atoms with Crippen LogP contribution in [0.5, 0.6) is 5.75 Å². The number of likely N-dealkylation sites (N-methyl/N-ethyl adjacent to an activating group) is 1. The van der Waals surface area contributed by atoms with E-state index in [4.69, 9.17) is 4.74 Å². The molecule has 138 valence electrons. The smallest absolute Gasteiger partial charge is 0.267 e. The fourth-order valence-electron chi connectivity index (χ4n) is 2.78. The molecule has 6 nitrogen and oxygen atoms in total. The molecule has 1 unspecified atom stereocenters. The molecule has 1 atom stereocenters. The Morgan fingerprint density at radius 1 is 1.27 bits per heavy atom. The van der Waals surface area contributed by atoms with E-state index in [0.29, 0.717) is 21.6 Å². The van der Waals surface area contributed by atoms with Crippen molar-refractivity contribution in [1.29, 1.82) is 0 Å².